The molecule has 4 rings (SSSR count). The van der Waals surface area contributed by atoms with Crippen molar-refractivity contribution in [1.29, 1.82) is 0 Å². The largest absolute Gasteiger partial charge is 0.472 e. The maximum absolute atomic E-state index is 12.2. The van der Waals surface area contributed by atoms with Gasteiger partial charge in [-0.25, -0.2) is 4.79 Å². The number of carbonyl (C=O) groups excluding carboxylic acids is 2. The average Bonchev–Trinajstić information content (AvgIpc) is 3.24. The van der Waals surface area contributed by atoms with E-state index in [9.17, 15) is 9.59 Å². The van der Waals surface area contributed by atoms with E-state index >= 15 is 0 Å². The maximum Gasteiger partial charge on any atom is 0.327 e. The lowest BCUT2D eigenvalue weighted by Crippen LogP contribution is -2.33. The minimum Gasteiger partial charge on any atom is -0.472 e. The van der Waals surface area contributed by atoms with Crippen LogP contribution in [0.3, 0.4) is 0 Å². The third-order valence-electron chi connectivity index (χ3n) is 3.82. The van der Waals surface area contributed by atoms with Gasteiger partial charge in [-0.2, -0.15) is 4.98 Å². The third kappa shape index (κ3) is 1.83. The van der Waals surface area contributed by atoms with Crippen LogP contribution in [0.4, 0.5) is 4.79 Å². The second kappa shape index (κ2) is 4.44. The summed E-state index contributed by atoms with van der Waals surface area (Å²) in [4.78, 5) is 31.3. The van der Waals surface area contributed by atoms with Crippen molar-refractivity contribution in [1.82, 2.24) is 19.9 Å². The fraction of sp³-hybridized carbons (Fsp3) is 0.385. The fourth-order valence-electron chi connectivity index (χ4n) is 2.79. The van der Waals surface area contributed by atoms with Crippen LogP contribution in [0.1, 0.15) is 18.7 Å². The minimum absolute atomic E-state index is 0.0337. The van der Waals surface area contributed by atoms with E-state index in [1.807, 2.05) is 0 Å². The Balaban J connectivity index is 1.54. The van der Waals surface area contributed by atoms with Crippen LogP contribution in [0.2, 0.25) is 0 Å². The van der Waals surface area contributed by atoms with Gasteiger partial charge in [0.1, 0.15) is 12.3 Å². The number of imide groups is 1. The summed E-state index contributed by atoms with van der Waals surface area (Å²) in [7, 11) is 0. The van der Waals surface area contributed by atoms with Crippen LogP contribution in [-0.2, 0) is 11.3 Å². The van der Waals surface area contributed by atoms with Crippen molar-refractivity contribution in [3.8, 4) is 11.5 Å². The van der Waals surface area contributed by atoms with Crippen molar-refractivity contribution < 1.29 is 18.5 Å². The Morgan fingerprint density at radius 1 is 1.38 bits per heavy atom. The van der Waals surface area contributed by atoms with Crippen molar-refractivity contribution in [2.24, 2.45) is 0 Å². The highest BCUT2D eigenvalue weighted by Crippen LogP contribution is 2.28. The van der Waals surface area contributed by atoms with Gasteiger partial charge in [0.05, 0.1) is 18.4 Å². The molecule has 2 aromatic rings. The van der Waals surface area contributed by atoms with Crippen molar-refractivity contribution in [2.75, 3.05) is 6.54 Å². The molecule has 0 radical (unpaired) electrons. The number of fused-ring (bicyclic) bond motifs is 1. The average molecular weight is 288 g/mol. The quantitative estimate of drug-likeness (QED) is 0.789. The molecule has 0 aromatic carbocycles. The van der Waals surface area contributed by atoms with E-state index in [1.54, 1.807) is 11.0 Å². The van der Waals surface area contributed by atoms with Gasteiger partial charge in [-0.05, 0) is 18.9 Å². The van der Waals surface area contributed by atoms with Gasteiger partial charge >= 0.3 is 6.03 Å². The van der Waals surface area contributed by atoms with Crippen molar-refractivity contribution in [3.63, 3.8) is 0 Å². The zero-order valence-electron chi connectivity index (χ0n) is 11.1. The topological polar surface area (TPSA) is 92.7 Å². The summed E-state index contributed by atoms with van der Waals surface area (Å²) in [6, 6.07) is 1.12. The Kier molecular flexibility index (Phi) is 2.56. The summed E-state index contributed by atoms with van der Waals surface area (Å²) >= 11 is 0. The first-order chi connectivity index (χ1) is 10.2. The zero-order chi connectivity index (χ0) is 14.4. The SMILES string of the molecule is O=C1[C@H]2CCCN2C(=O)N1Cc1noc(-c2ccoc2)n1. The summed E-state index contributed by atoms with van der Waals surface area (Å²) in [6.07, 6.45) is 4.59. The van der Waals surface area contributed by atoms with Crippen molar-refractivity contribution in [3.05, 3.63) is 24.4 Å². The van der Waals surface area contributed by atoms with Crippen molar-refractivity contribution >= 4 is 11.9 Å². The molecule has 0 unspecified atom stereocenters. The molecule has 0 bridgehead atoms. The predicted octanol–water partition coefficient (Wildman–Crippen LogP) is 1.26. The highest BCUT2D eigenvalue weighted by atomic mass is 16.5. The van der Waals surface area contributed by atoms with Crippen LogP contribution < -0.4 is 0 Å². The number of amides is 3. The van der Waals surface area contributed by atoms with E-state index in [-0.39, 0.29) is 24.5 Å². The molecular weight excluding hydrogens is 276 g/mol. The summed E-state index contributed by atoms with van der Waals surface area (Å²) in [5.74, 6) is 0.430. The Hall–Kier alpha value is -2.64. The monoisotopic (exact) mass is 288 g/mol. The van der Waals surface area contributed by atoms with E-state index in [1.165, 1.54) is 17.4 Å². The van der Waals surface area contributed by atoms with E-state index in [4.69, 9.17) is 8.94 Å². The number of hydrogen-bond acceptors (Lipinski definition) is 6. The van der Waals surface area contributed by atoms with Gasteiger partial charge in [0, 0.05) is 6.54 Å². The molecule has 1 atom stereocenters. The van der Waals surface area contributed by atoms with E-state index in [0.29, 0.717) is 23.8 Å². The van der Waals surface area contributed by atoms with Crippen LogP contribution in [0.25, 0.3) is 11.5 Å². The molecule has 108 valence electrons. The molecule has 2 aromatic heterocycles. The van der Waals surface area contributed by atoms with Gasteiger partial charge < -0.3 is 13.8 Å². The molecule has 4 heterocycles. The maximum atomic E-state index is 12.2. The number of carbonyl (C=O) groups is 2. The van der Waals surface area contributed by atoms with E-state index in [0.717, 1.165) is 12.8 Å². The lowest BCUT2D eigenvalue weighted by Gasteiger charge is -2.13. The smallest absolute Gasteiger partial charge is 0.327 e. The number of aromatic nitrogens is 2. The van der Waals surface area contributed by atoms with Gasteiger partial charge in [0.2, 0.25) is 0 Å². The molecule has 2 aliphatic rings. The number of rotatable bonds is 3. The van der Waals surface area contributed by atoms with Crippen LogP contribution in [0, 0.1) is 0 Å². The summed E-state index contributed by atoms with van der Waals surface area (Å²) in [5, 5.41) is 3.81. The first-order valence-corrected chi connectivity index (χ1v) is 6.71. The van der Waals surface area contributed by atoms with Crippen molar-refractivity contribution in [2.45, 2.75) is 25.4 Å². The molecule has 8 nitrogen and oxygen atoms in total. The Morgan fingerprint density at radius 2 is 2.29 bits per heavy atom. The predicted molar refractivity (Wildman–Crippen MR) is 67.7 cm³/mol. The lowest BCUT2D eigenvalue weighted by atomic mass is 10.2. The second-order valence-corrected chi connectivity index (χ2v) is 5.09. The molecule has 0 N–H and O–H groups in total. The lowest BCUT2D eigenvalue weighted by molar-refractivity contribution is -0.128. The first kappa shape index (κ1) is 12.1. The molecule has 2 saturated heterocycles. The van der Waals surface area contributed by atoms with Crippen LogP contribution in [0.5, 0.6) is 0 Å². The minimum atomic E-state index is -0.308. The number of urea groups is 1. The van der Waals surface area contributed by atoms with E-state index in [2.05, 4.69) is 10.1 Å². The van der Waals surface area contributed by atoms with Gasteiger partial charge in [0.15, 0.2) is 5.82 Å². The summed E-state index contributed by atoms with van der Waals surface area (Å²) in [6.45, 7) is 0.671. The number of furan rings is 1. The molecule has 21 heavy (non-hydrogen) atoms. The van der Waals surface area contributed by atoms with Gasteiger partial charge in [-0.15, -0.1) is 0 Å². The second-order valence-electron chi connectivity index (χ2n) is 5.09. The Labute approximate surface area is 119 Å². The zero-order valence-corrected chi connectivity index (χ0v) is 11.1. The molecule has 2 aliphatic heterocycles. The molecule has 3 amide bonds. The highest BCUT2D eigenvalue weighted by Gasteiger charge is 2.47. The standard InChI is InChI=1S/C13H12N4O4/c18-12-9-2-1-4-16(9)13(19)17(12)6-10-14-11(21-15-10)8-3-5-20-7-8/h3,5,7,9H,1-2,4,6H2/t9-/m1/s1. The molecule has 0 spiro atoms. The van der Waals surface area contributed by atoms with Crippen LogP contribution in [-0.4, -0.2) is 44.5 Å². The van der Waals surface area contributed by atoms with Gasteiger partial charge in [-0.3, -0.25) is 9.69 Å². The summed E-state index contributed by atoms with van der Waals surface area (Å²) < 4.78 is 10.0. The number of nitrogens with zero attached hydrogens (tertiary/aromatic N) is 4. The van der Waals surface area contributed by atoms with Gasteiger partial charge in [0.25, 0.3) is 11.8 Å². The molecule has 0 aliphatic carbocycles. The first-order valence-electron chi connectivity index (χ1n) is 6.71. The Morgan fingerprint density at radius 3 is 3.05 bits per heavy atom. The normalized spacial score (nSPS) is 21.4. The fourth-order valence-corrected chi connectivity index (χ4v) is 2.79. The molecule has 0 saturated carbocycles. The number of hydrogen-bond donors (Lipinski definition) is 0. The summed E-state index contributed by atoms with van der Waals surface area (Å²) in [5.41, 5.74) is 0.661. The van der Waals surface area contributed by atoms with E-state index < -0.39 is 0 Å². The Bertz CT molecular complexity index is 671. The molecule has 2 fully saturated rings. The van der Waals surface area contributed by atoms with Crippen LogP contribution >= 0.6 is 0 Å². The van der Waals surface area contributed by atoms with Gasteiger partial charge in [-0.1, -0.05) is 5.16 Å². The molecular formula is C13H12N4O4. The molecule has 8 heteroatoms. The highest BCUT2D eigenvalue weighted by molar-refractivity contribution is 6.04. The van der Waals surface area contributed by atoms with Crippen LogP contribution in [0.15, 0.2) is 27.5 Å². The third-order valence-corrected chi connectivity index (χ3v) is 3.82.